The van der Waals surface area contributed by atoms with Gasteiger partial charge < -0.3 is 20.0 Å². The number of rotatable bonds is 11. The molecule has 0 radical (unpaired) electrons. The van der Waals surface area contributed by atoms with Gasteiger partial charge in [0, 0.05) is 12.5 Å². The first-order chi connectivity index (χ1) is 9.81. The molecule has 0 aromatic heterocycles. The number of hydrogen-bond acceptors (Lipinski definition) is 4. The molecule has 0 aromatic rings. The van der Waals surface area contributed by atoms with E-state index in [1.807, 2.05) is 20.8 Å². The average Bonchev–Trinajstić information content (AvgIpc) is 2.33. The number of carboxylic acid groups (broad SMARTS) is 1. The third-order valence-electron chi connectivity index (χ3n) is 2.98. The Hall–Kier alpha value is -0.260. The van der Waals surface area contributed by atoms with Crippen LogP contribution in [0, 0.1) is 0 Å². The number of carbonyl (C=O) groups is 2. The smallest absolute Gasteiger partial charge is 0.550 e. The summed E-state index contributed by atoms with van der Waals surface area (Å²) in [6.45, 7) is 6.19. The Kier molecular flexibility index (Phi) is 15.6. The Morgan fingerprint density at radius 3 is 1.82 bits per heavy atom. The van der Waals surface area contributed by atoms with Crippen LogP contribution in [-0.4, -0.2) is 24.2 Å². The second-order valence-electron chi connectivity index (χ2n) is 6.38. The molecule has 0 atom stereocenters. The summed E-state index contributed by atoms with van der Waals surface area (Å²) in [4.78, 5) is 21.6. The molecule has 0 aliphatic carbocycles. The summed E-state index contributed by atoms with van der Waals surface area (Å²) in [7, 11) is 0. The van der Waals surface area contributed by atoms with Crippen molar-refractivity contribution in [1.82, 2.24) is 5.32 Å². The van der Waals surface area contributed by atoms with Crippen molar-refractivity contribution in [2.75, 3.05) is 6.54 Å². The number of aliphatic carboxylic acids is 1. The van der Waals surface area contributed by atoms with Crippen molar-refractivity contribution in [3.63, 3.8) is 0 Å². The van der Waals surface area contributed by atoms with Gasteiger partial charge in [-0.2, -0.15) is 0 Å². The van der Waals surface area contributed by atoms with Gasteiger partial charge in [-0.3, -0.25) is 0 Å². The molecule has 22 heavy (non-hydrogen) atoms. The van der Waals surface area contributed by atoms with Crippen LogP contribution in [0.5, 0.6) is 0 Å². The number of carbonyl (C=O) groups excluding carboxylic acids is 2. The number of carboxylic acids is 1. The molecule has 0 heterocycles. The van der Waals surface area contributed by atoms with Crippen molar-refractivity contribution in [3.05, 3.63) is 0 Å². The summed E-state index contributed by atoms with van der Waals surface area (Å²) >= 11 is 0. The zero-order valence-corrected chi connectivity index (χ0v) is 16.7. The molecule has 1 N–H and O–H groups in total. The number of nitrogens with one attached hydrogen (secondary N) is 1. The minimum Gasteiger partial charge on any atom is -0.550 e. The van der Waals surface area contributed by atoms with E-state index in [4.69, 9.17) is 4.74 Å². The Balaban J connectivity index is 0. The molecule has 0 saturated carbocycles. The van der Waals surface area contributed by atoms with Gasteiger partial charge in [-0.25, -0.2) is 4.79 Å². The molecule has 0 saturated heterocycles. The van der Waals surface area contributed by atoms with Gasteiger partial charge in [0.05, 0.1) is 0 Å². The van der Waals surface area contributed by atoms with Gasteiger partial charge in [-0.15, -0.1) is 0 Å². The van der Waals surface area contributed by atoms with Crippen LogP contribution in [0.3, 0.4) is 0 Å². The van der Waals surface area contributed by atoms with Gasteiger partial charge in [0.1, 0.15) is 5.60 Å². The summed E-state index contributed by atoms with van der Waals surface area (Å²) in [6, 6.07) is 0. The van der Waals surface area contributed by atoms with E-state index in [9.17, 15) is 14.7 Å². The molecule has 0 aliphatic rings. The maximum absolute atomic E-state index is 11.4. The fourth-order valence-electron chi connectivity index (χ4n) is 1.96. The van der Waals surface area contributed by atoms with E-state index in [1.165, 1.54) is 0 Å². The van der Waals surface area contributed by atoms with Gasteiger partial charge in [0.15, 0.2) is 0 Å². The normalized spacial score (nSPS) is 10.7. The van der Waals surface area contributed by atoms with E-state index in [0.717, 1.165) is 51.4 Å². The first kappa shape index (κ1) is 24.0. The van der Waals surface area contributed by atoms with Crippen molar-refractivity contribution in [2.24, 2.45) is 0 Å². The molecule has 0 aliphatic heterocycles. The second-order valence-corrected chi connectivity index (χ2v) is 6.38. The van der Waals surface area contributed by atoms with Crippen LogP contribution in [-0.2, 0) is 9.53 Å². The fraction of sp³-hybridized carbons (Fsp3) is 0.875. The third-order valence-corrected chi connectivity index (χ3v) is 2.98. The second kappa shape index (κ2) is 14.3. The SMILES string of the molecule is CC(C)(C)OC(=O)NCCCCCCCCCCC(=O)[O-].[Na+]. The zero-order chi connectivity index (χ0) is 16.1. The number of ether oxygens (including phenoxy) is 1. The van der Waals surface area contributed by atoms with E-state index in [-0.39, 0.29) is 42.1 Å². The number of hydrogen-bond donors (Lipinski definition) is 1. The van der Waals surface area contributed by atoms with Crippen LogP contribution in [0.15, 0.2) is 0 Å². The van der Waals surface area contributed by atoms with Crippen LogP contribution >= 0.6 is 0 Å². The molecule has 1 amide bonds. The molecular formula is C16H30NNaO4. The summed E-state index contributed by atoms with van der Waals surface area (Å²) in [5, 5.41) is 13.0. The van der Waals surface area contributed by atoms with Crippen molar-refractivity contribution < 1.29 is 49.0 Å². The number of unbranched alkanes of at least 4 members (excludes halogenated alkanes) is 7. The first-order valence-electron chi connectivity index (χ1n) is 7.98. The molecule has 0 unspecified atom stereocenters. The van der Waals surface area contributed by atoms with Crippen molar-refractivity contribution in [1.29, 1.82) is 0 Å². The Morgan fingerprint density at radius 2 is 1.36 bits per heavy atom. The summed E-state index contributed by atoms with van der Waals surface area (Å²) in [6.07, 6.45) is 8.12. The molecule has 0 aromatic carbocycles. The average molecular weight is 323 g/mol. The summed E-state index contributed by atoms with van der Waals surface area (Å²) < 4.78 is 5.14. The number of alkyl carbamates (subject to hydrolysis) is 1. The van der Waals surface area contributed by atoms with E-state index < -0.39 is 11.6 Å². The largest absolute Gasteiger partial charge is 1.00 e. The molecule has 0 spiro atoms. The summed E-state index contributed by atoms with van der Waals surface area (Å²) in [5.41, 5.74) is -0.444. The van der Waals surface area contributed by atoms with Gasteiger partial charge >= 0.3 is 35.7 Å². The van der Waals surface area contributed by atoms with Crippen LogP contribution in [0.4, 0.5) is 4.79 Å². The van der Waals surface area contributed by atoms with Crippen molar-refractivity contribution in [2.45, 2.75) is 84.2 Å². The maximum atomic E-state index is 11.4. The van der Waals surface area contributed by atoms with Crippen molar-refractivity contribution in [3.8, 4) is 0 Å². The molecule has 0 fully saturated rings. The van der Waals surface area contributed by atoms with Crippen LogP contribution in [0.2, 0.25) is 0 Å². The maximum Gasteiger partial charge on any atom is 1.00 e. The van der Waals surface area contributed by atoms with Crippen molar-refractivity contribution >= 4 is 12.1 Å². The van der Waals surface area contributed by atoms with Crippen LogP contribution < -0.4 is 40.0 Å². The van der Waals surface area contributed by atoms with Crippen LogP contribution in [0.25, 0.3) is 0 Å². The van der Waals surface area contributed by atoms with Gasteiger partial charge in [0.2, 0.25) is 0 Å². The van der Waals surface area contributed by atoms with E-state index in [2.05, 4.69) is 5.32 Å². The monoisotopic (exact) mass is 323 g/mol. The predicted octanol–water partition coefficient (Wildman–Crippen LogP) is -0.224. The third kappa shape index (κ3) is 19.7. The molecule has 0 bridgehead atoms. The van der Waals surface area contributed by atoms with E-state index >= 15 is 0 Å². The van der Waals surface area contributed by atoms with Crippen LogP contribution in [0.1, 0.15) is 78.6 Å². The molecule has 0 rings (SSSR count). The standard InChI is InChI=1S/C16H31NO4.Na/c1-16(2,3)21-15(20)17-13-11-9-7-5-4-6-8-10-12-14(18)19;/h4-13H2,1-3H3,(H,17,20)(H,18,19);/q;+1/p-1. The Morgan fingerprint density at radius 1 is 0.909 bits per heavy atom. The van der Waals surface area contributed by atoms with Gasteiger partial charge in [0.25, 0.3) is 0 Å². The van der Waals surface area contributed by atoms with E-state index in [1.54, 1.807) is 0 Å². The minimum absolute atomic E-state index is 0. The Labute approximate surface area is 156 Å². The molecular weight excluding hydrogens is 293 g/mol. The first-order valence-corrected chi connectivity index (χ1v) is 7.98. The van der Waals surface area contributed by atoms with Gasteiger partial charge in [-0.05, 0) is 40.0 Å². The molecule has 124 valence electrons. The van der Waals surface area contributed by atoms with E-state index in [0.29, 0.717) is 6.54 Å². The zero-order valence-electron chi connectivity index (χ0n) is 14.7. The fourth-order valence-corrected chi connectivity index (χ4v) is 1.96. The minimum atomic E-state index is -0.951. The molecule has 6 heteroatoms. The predicted molar refractivity (Wildman–Crippen MR) is 80.8 cm³/mol. The number of amides is 1. The Bertz CT molecular complexity index is 303. The summed E-state index contributed by atoms with van der Waals surface area (Å²) in [5.74, 6) is -0.951. The topological polar surface area (TPSA) is 78.5 Å². The quantitative estimate of drug-likeness (QED) is 0.421. The molecule has 5 nitrogen and oxygen atoms in total. The van der Waals surface area contributed by atoms with Gasteiger partial charge in [-0.1, -0.05) is 38.5 Å².